The van der Waals surface area contributed by atoms with Crippen LogP contribution in [0.3, 0.4) is 0 Å². The van der Waals surface area contributed by atoms with Crippen LogP contribution in [0.1, 0.15) is 5.56 Å². The van der Waals surface area contributed by atoms with E-state index in [-0.39, 0.29) is 0 Å². The third kappa shape index (κ3) is 8.14. The van der Waals surface area contributed by atoms with Gasteiger partial charge in [0, 0.05) is 11.8 Å². The third-order valence-corrected chi connectivity index (χ3v) is 7.11. The SMILES string of the molecule is CN(C)Cc1ccccc1Pc1cc([Si](C)(C)C)ccc1O.[Cl][Ti][Cl]. The molecule has 0 aliphatic heterocycles. The zero-order valence-electron chi connectivity index (χ0n) is 15.4. The molecule has 7 heteroatoms. The van der Waals surface area contributed by atoms with E-state index in [2.05, 4.69) is 75.0 Å². The standard InChI is InChI=1S/C18H26NOPSi.2ClH.Ti/c1-19(2)13-14-8-6-7-9-17(14)21-18-12-15(22(3,4)5)10-11-16(18)20;;;/h6-12,20-21H,13H2,1-5H3;2*1H;/q;;;+2/p-2. The quantitative estimate of drug-likeness (QED) is 0.550. The summed E-state index contributed by atoms with van der Waals surface area (Å²) in [4.78, 5) is 2.18. The fourth-order valence-electron chi connectivity index (χ4n) is 2.37. The molecule has 1 atom stereocenters. The second kappa shape index (κ2) is 11.1. The molecule has 0 radical (unpaired) electrons. The molecule has 2 aromatic rings. The van der Waals surface area contributed by atoms with Crippen molar-refractivity contribution in [2.75, 3.05) is 14.1 Å². The predicted molar refractivity (Wildman–Crippen MR) is 114 cm³/mol. The van der Waals surface area contributed by atoms with E-state index < -0.39 is 25.1 Å². The summed E-state index contributed by atoms with van der Waals surface area (Å²) < 4.78 is 0. The van der Waals surface area contributed by atoms with Gasteiger partial charge in [0.25, 0.3) is 0 Å². The summed E-state index contributed by atoms with van der Waals surface area (Å²) in [6.45, 7) is 7.95. The van der Waals surface area contributed by atoms with E-state index in [1.165, 1.54) is 16.1 Å². The van der Waals surface area contributed by atoms with E-state index in [1.807, 2.05) is 6.07 Å². The van der Waals surface area contributed by atoms with Crippen molar-refractivity contribution in [3.63, 3.8) is 0 Å². The van der Waals surface area contributed by atoms with Gasteiger partial charge in [-0.05, 0) is 31.0 Å². The van der Waals surface area contributed by atoms with Crippen LogP contribution in [0, 0.1) is 0 Å². The Labute approximate surface area is 171 Å². The molecule has 1 N–H and O–H groups in total. The molecule has 25 heavy (non-hydrogen) atoms. The average Bonchev–Trinajstić information content (AvgIpc) is 2.50. The van der Waals surface area contributed by atoms with Crippen LogP contribution >= 0.6 is 27.2 Å². The first-order valence-corrected chi connectivity index (χ1v) is 16.8. The van der Waals surface area contributed by atoms with Gasteiger partial charge in [0.1, 0.15) is 5.75 Å². The minimum atomic E-state index is -1.36. The van der Waals surface area contributed by atoms with Crippen molar-refractivity contribution in [1.82, 2.24) is 4.90 Å². The van der Waals surface area contributed by atoms with E-state index in [9.17, 15) is 5.11 Å². The Morgan fingerprint density at radius 2 is 1.64 bits per heavy atom. The van der Waals surface area contributed by atoms with Crippen molar-refractivity contribution in [2.24, 2.45) is 0 Å². The van der Waals surface area contributed by atoms with Crippen LogP contribution in [0.15, 0.2) is 42.5 Å². The number of rotatable bonds is 5. The Morgan fingerprint density at radius 3 is 2.20 bits per heavy atom. The average molecular weight is 450 g/mol. The van der Waals surface area contributed by atoms with Crippen LogP contribution < -0.4 is 15.8 Å². The van der Waals surface area contributed by atoms with Crippen LogP contribution in [0.2, 0.25) is 19.6 Å². The van der Waals surface area contributed by atoms with Crippen molar-refractivity contribution < 1.29 is 22.1 Å². The summed E-state index contributed by atoms with van der Waals surface area (Å²) in [5, 5.41) is 14.0. The summed E-state index contributed by atoms with van der Waals surface area (Å²) in [5.74, 6) is 0.417. The summed E-state index contributed by atoms with van der Waals surface area (Å²) >= 11 is -0.556. The van der Waals surface area contributed by atoms with Crippen molar-refractivity contribution in [2.45, 2.75) is 26.2 Å². The molecule has 0 bridgehead atoms. The van der Waals surface area contributed by atoms with Gasteiger partial charge in [-0.3, -0.25) is 0 Å². The summed E-state index contributed by atoms with van der Waals surface area (Å²) in [7, 11) is 13.1. The number of phenolic OH excluding ortho intramolecular Hbond substituents is 1. The Balaban J connectivity index is 0.000000970. The minimum absolute atomic E-state index is 0.417. The Kier molecular flexibility index (Phi) is 10.3. The molecule has 2 nitrogen and oxygen atoms in total. The molecule has 0 aliphatic carbocycles. The molecule has 0 aliphatic rings. The number of benzene rings is 2. The van der Waals surface area contributed by atoms with Gasteiger partial charge in [-0.25, -0.2) is 0 Å². The topological polar surface area (TPSA) is 23.5 Å². The van der Waals surface area contributed by atoms with Crippen LogP contribution in [-0.4, -0.2) is 32.2 Å². The van der Waals surface area contributed by atoms with Crippen molar-refractivity contribution in [3.05, 3.63) is 48.0 Å². The van der Waals surface area contributed by atoms with Crippen LogP contribution in [0.4, 0.5) is 0 Å². The number of phenols is 1. The normalized spacial score (nSPS) is 11.5. The first kappa shape index (κ1) is 23.2. The van der Waals surface area contributed by atoms with Crippen molar-refractivity contribution >= 4 is 51.1 Å². The number of aromatic hydroxyl groups is 1. The van der Waals surface area contributed by atoms with Gasteiger partial charge in [-0.2, -0.15) is 0 Å². The first-order valence-electron chi connectivity index (χ1n) is 7.98. The summed E-state index contributed by atoms with van der Waals surface area (Å²) in [6.07, 6.45) is 0. The molecular weight excluding hydrogens is 424 g/mol. The Morgan fingerprint density at radius 1 is 1.04 bits per heavy atom. The molecule has 1 unspecified atom stereocenters. The number of nitrogens with zero attached hydrogens (tertiary/aromatic N) is 1. The van der Waals surface area contributed by atoms with Crippen LogP contribution in [-0.2, 0) is 23.6 Å². The molecule has 136 valence electrons. The van der Waals surface area contributed by atoms with Crippen LogP contribution in [0.5, 0.6) is 5.75 Å². The summed E-state index contributed by atoms with van der Waals surface area (Å²) in [5.41, 5.74) is 1.34. The maximum absolute atomic E-state index is 10.2. The number of hydrogen-bond acceptors (Lipinski definition) is 2. The molecule has 0 saturated carbocycles. The zero-order chi connectivity index (χ0) is 19.0. The summed E-state index contributed by atoms with van der Waals surface area (Å²) in [6, 6.07) is 14.7. The zero-order valence-corrected chi connectivity index (χ0v) is 20.5. The Bertz CT molecular complexity index is 680. The fourth-order valence-corrected chi connectivity index (χ4v) is 4.91. The Hall–Kier alpha value is 0.141. The molecule has 0 fully saturated rings. The van der Waals surface area contributed by atoms with Crippen molar-refractivity contribution in [1.29, 1.82) is 0 Å². The van der Waals surface area contributed by atoms with E-state index in [0.717, 1.165) is 11.8 Å². The first-order chi connectivity index (χ1) is 11.7. The van der Waals surface area contributed by atoms with E-state index in [4.69, 9.17) is 18.6 Å². The predicted octanol–water partition coefficient (Wildman–Crippen LogP) is 4.00. The third-order valence-electron chi connectivity index (χ3n) is 3.64. The molecule has 2 aromatic carbocycles. The molecule has 0 aromatic heterocycles. The number of hydrogen-bond donors (Lipinski definition) is 1. The van der Waals surface area contributed by atoms with Gasteiger partial charge in [-0.15, -0.1) is 0 Å². The van der Waals surface area contributed by atoms with Gasteiger partial charge >= 0.3 is 35.6 Å². The molecule has 0 spiro atoms. The van der Waals surface area contributed by atoms with E-state index in [0.29, 0.717) is 14.3 Å². The van der Waals surface area contributed by atoms with Gasteiger partial charge in [0.2, 0.25) is 0 Å². The van der Waals surface area contributed by atoms with Crippen molar-refractivity contribution in [3.8, 4) is 5.75 Å². The fraction of sp³-hybridized carbons (Fsp3) is 0.333. The molecule has 0 saturated heterocycles. The monoisotopic (exact) mass is 449 g/mol. The van der Waals surface area contributed by atoms with Gasteiger partial charge in [0.05, 0.1) is 8.07 Å². The van der Waals surface area contributed by atoms with Gasteiger partial charge in [0.15, 0.2) is 0 Å². The van der Waals surface area contributed by atoms with Gasteiger partial charge in [-0.1, -0.05) is 69.8 Å². The number of halogens is 2. The molecule has 2 rings (SSSR count). The van der Waals surface area contributed by atoms with E-state index >= 15 is 0 Å². The van der Waals surface area contributed by atoms with E-state index in [1.54, 1.807) is 0 Å². The molecule has 0 amide bonds. The van der Waals surface area contributed by atoms with Gasteiger partial charge < -0.3 is 10.0 Å². The van der Waals surface area contributed by atoms with Crippen LogP contribution in [0.25, 0.3) is 0 Å². The molecular formula is C18H26Cl2NOPSiTi. The molecule has 0 heterocycles. The second-order valence-electron chi connectivity index (χ2n) is 7.07. The maximum atomic E-state index is 10.2. The second-order valence-corrected chi connectivity index (χ2v) is 16.1.